The number of nitrogens with zero attached hydrogens (tertiary/aromatic N) is 1. The van der Waals surface area contributed by atoms with Gasteiger partial charge in [0.2, 0.25) is 0 Å². The second kappa shape index (κ2) is 10.7. The molecule has 1 N–H and O–H groups in total. The molecule has 0 aliphatic carbocycles. The maximum absolute atomic E-state index is 14.7. The summed E-state index contributed by atoms with van der Waals surface area (Å²) < 4.78 is 20.9. The number of anilines is 2. The lowest BCUT2D eigenvalue weighted by Gasteiger charge is -2.30. The van der Waals surface area contributed by atoms with Crippen LogP contribution < -0.4 is 15.5 Å². The Labute approximate surface area is 186 Å². The Bertz CT molecular complexity index is 986. The number of aryl methyl sites for hydroxylation is 1. The molecule has 31 heavy (non-hydrogen) atoms. The average Bonchev–Trinajstić information content (AvgIpc) is 2.79. The van der Waals surface area contributed by atoms with Gasteiger partial charge in [0.25, 0.3) is 7.37 Å². The number of hydrogen-bond donors (Lipinski definition) is 1. The Morgan fingerprint density at radius 1 is 0.935 bits per heavy atom. The molecule has 0 amide bonds. The van der Waals surface area contributed by atoms with Crippen LogP contribution in [0, 0.1) is 6.92 Å². The van der Waals surface area contributed by atoms with E-state index in [-0.39, 0.29) is 0 Å². The van der Waals surface area contributed by atoms with E-state index in [1.807, 2.05) is 85.7 Å². The summed E-state index contributed by atoms with van der Waals surface area (Å²) in [6, 6.07) is 26.0. The fourth-order valence-corrected chi connectivity index (χ4v) is 5.85. The van der Waals surface area contributed by atoms with Crippen LogP contribution in [0.5, 0.6) is 0 Å². The van der Waals surface area contributed by atoms with Crippen molar-refractivity contribution in [2.75, 3.05) is 30.9 Å². The predicted octanol–water partition coefficient (Wildman–Crippen LogP) is 6.59. The van der Waals surface area contributed by atoms with Crippen LogP contribution in [0.4, 0.5) is 11.4 Å². The molecule has 0 bridgehead atoms. The van der Waals surface area contributed by atoms with E-state index in [9.17, 15) is 4.57 Å². The molecule has 0 fully saturated rings. The van der Waals surface area contributed by atoms with Crippen LogP contribution in [0.25, 0.3) is 0 Å². The molecule has 0 saturated heterocycles. The van der Waals surface area contributed by atoms with E-state index in [2.05, 4.69) is 31.3 Å². The lowest BCUT2D eigenvalue weighted by molar-refractivity contribution is 0.308. The molecule has 3 rings (SSSR count). The number of para-hydroxylation sites is 1. The van der Waals surface area contributed by atoms with Crippen molar-refractivity contribution in [2.24, 2.45) is 0 Å². The molecular weight excluding hydrogens is 403 g/mol. The van der Waals surface area contributed by atoms with Crippen molar-refractivity contribution < 1.29 is 9.09 Å². The topological polar surface area (TPSA) is 41.6 Å². The summed E-state index contributed by atoms with van der Waals surface area (Å²) >= 11 is 0. The molecular formula is C26H33N2O2P. The van der Waals surface area contributed by atoms with Crippen LogP contribution in [0.2, 0.25) is 0 Å². The minimum atomic E-state index is -3.29. The van der Waals surface area contributed by atoms with Crippen LogP contribution >= 0.6 is 7.37 Å². The van der Waals surface area contributed by atoms with E-state index in [0.29, 0.717) is 6.61 Å². The van der Waals surface area contributed by atoms with E-state index >= 15 is 0 Å². The van der Waals surface area contributed by atoms with E-state index in [1.54, 1.807) is 0 Å². The molecule has 2 atom stereocenters. The first-order chi connectivity index (χ1) is 14.9. The van der Waals surface area contributed by atoms with Gasteiger partial charge in [0.1, 0.15) is 5.78 Å². The molecule has 0 saturated carbocycles. The minimum Gasteiger partial charge on any atom is -0.378 e. The maximum atomic E-state index is 14.7. The largest absolute Gasteiger partial charge is 0.378 e. The Balaban J connectivity index is 2.08. The maximum Gasteiger partial charge on any atom is 0.258 e. The molecule has 3 aromatic carbocycles. The number of nitrogens with one attached hydrogen (secondary N) is 1. The van der Waals surface area contributed by atoms with Crippen molar-refractivity contribution in [3.63, 3.8) is 0 Å². The predicted molar refractivity (Wildman–Crippen MR) is 133 cm³/mol. The third-order valence-corrected chi connectivity index (χ3v) is 8.01. The van der Waals surface area contributed by atoms with Gasteiger partial charge in [0, 0.05) is 30.8 Å². The van der Waals surface area contributed by atoms with Gasteiger partial charge in [0.05, 0.1) is 6.61 Å². The number of benzene rings is 3. The van der Waals surface area contributed by atoms with Crippen molar-refractivity contribution in [1.82, 2.24) is 0 Å². The lowest BCUT2D eigenvalue weighted by Crippen LogP contribution is -2.21. The highest BCUT2D eigenvalue weighted by atomic mass is 31.2. The highest BCUT2D eigenvalue weighted by molar-refractivity contribution is 7.67. The summed E-state index contributed by atoms with van der Waals surface area (Å²) in [5.41, 5.74) is 4.09. The van der Waals surface area contributed by atoms with Gasteiger partial charge < -0.3 is 14.7 Å². The molecule has 0 spiro atoms. The van der Waals surface area contributed by atoms with Crippen molar-refractivity contribution in [3.8, 4) is 0 Å². The molecule has 3 aromatic rings. The van der Waals surface area contributed by atoms with Crippen molar-refractivity contribution in [1.29, 1.82) is 0 Å². The van der Waals surface area contributed by atoms with E-state index in [4.69, 9.17) is 4.52 Å². The molecule has 0 unspecified atom stereocenters. The fourth-order valence-electron chi connectivity index (χ4n) is 3.41. The summed E-state index contributed by atoms with van der Waals surface area (Å²) in [7, 11) is 0.703. The zero-order valence-corrected chi connectivity index (χ0v) is 19.8. The molecule has 0 heterocycles. The normalized spacial score (nSPS) is 13.9. The molecule has 0 aromatic heterocycles. The Morgan fingerprint density at radius 3 is 2.16 bits per heavy atom. The number of unbranched alkanes of at least 4 members (excludes halogenated alkanes) is 1. The number of rotatable bonds is 10. The summed E-state index contributed by atoms with van der Waals surface area (Å²) in [4.78, 5) is 2.03. The van der Waals surface area contributed by atoms with Gasteiger partial charge in [-0.15, -0.1) is 0 Å². The van der Waals surface area contributed by atoms with Gasteiger partial charge >= 0.3 is 0 Å². The van der Waals surface area contributed by atoms with Gasteiger partial charge in [-0.05, 0) is 55.3 Å². The third-order valence-electron chi connectivity index (χ3n) is 5.32. The molecule has 5 heteroatoms. The Kier molecular flexibility index (Phi) is 7.95. The molecule has 4 nitrogen and oxygen atoms in total. The van der Waals surface area contributed by atoms with Crippen LogP contribution in [0.3, 0.4) is 0 Å². The number of hydrogen-bond acceptors (Lipinski definition) is 4. The highest BCUT2D eigenvalue weighted by Gasteiger charge is 2.37. The van der Waals surface area contributed by atoms with Crippen LogP contribution in [0.15, 0.2) is 78.9 Å². The van der Waals surface area contributed by atoms with Gasteiger partial charge in [-0.1, -0.05) is 61.4 Å². The molecule has 0 radical (unpaired) electrons. The second-order valence-corrected chi connectivity index (χ2v) is 10.5. The minimum absolute atomic E-state index is 0.460. The van der Waals surface area contributed by atoms with E-state index < -0.39 is 13.2 Å². The van der Waals surface area contributed by atoms with Crippen LogP contribution in [-0.4, -0.2) is 20.7 Å². The average molecular weight is 437 g/mol. The quantitative estimate of drug-likeness (QED) is 0.287. The Hall–Kier alpha value is -2.55. The molecule has 0 aliphatic heterocycles. The zero-order valence-electron chi connectivity index (χ0n) is 18.9. The Morgan fingerprint density at radius 2 is 1.58 bits per heavy atom. The van der Waals surface area contributed by atoms with Gasteiger partial charge in [-0.2, -0.15) is 0 Å². The lowest BCUT2D eigenvalue weighted by atomic mass is 10.1. The highest BCUT2D eigenvalue weighted by Crippen LogP contribution is 2.59. The van der Waals surface area contributed by atoms with E-state index in [0.717, 1.165) is 35.1 Å². The van der Waals surface area contributed by atoms with Crippen LogP contribution in [-0.2, 0) is 9.09 Å². The van der Waals surface area contributed by atoms with E-state index in [1.165, 1.54) is 5.56 Å². The SMILES string of the molecule is CCCCO[P@](=O)(c1ccc(N(C)C)cc1)[C@H](Nc1ccccc1)c1ccc(C)cc1. The van der Waals surface area contributed by atoms with Crippen molar-refractivity contribution in [3.05, 3.63) is 90.0 Å². The fraction of sp³-hybridized carbons (Fsp3) is 0.308. The summed E-state index contributed by atoms with van der Waals surface area (Å²) in [5.74, 6) is -0.488. The third kappa shape index (κ3) is 5.78. The first-order valence-corrected chi connectivity index (χ1v) is 12.5. The molecule has 164 valence electrons. The van der Waals surface area contributed by atoms with Gasteiger partial charge in [-0.25, -0.2) is 0 Å². The standard InChI is InChI=1S/C26H33N2O2P/c1-5-6-20-30-31(29,25-18-16-24(17-19-25)28(3)4)26(22-14-12-21(2)13-15-22)27-23-10-8-7-9-11-23/h7-19,26-27H,5-6,20H2,1-4H3/t26-,31+/m0/s1. The summed E-state index contributed by atoms with van der Waals surface area (Å²) in [6.07, 6.45) is 1.85. The summed E-state index contributed by atoms with van der Waals surface area (Å²) in [6.45, 7) is 4.63. The zero-order chi connectivity index (χ0) is 22.3. The van der Waals surface area contributed by atoms with Crippen molar-refractivity contribution >= 4 is 24.0 Å². The van der Waals surface area contributed by atoms with Crippen LogP contribution in [0.1, 0.15) is 36.7 Å². The molecule has 0 aliphatic rings. The first-order valence-electron chi connectivity index (χ1n) is 10.8. The van der Waals surface area contributed by atoms with Gasteiger partial charge in [0.15, 0.2) is 0 Å². The van der Waals surface area contributed by atoms with Gasteiger partial charge in [-0.3, -0.25) is 4.57 Å². The summed E-state index contributed by atoms with van der Waals surface area (Å²) in [5, 5.41) is 4.24. The van der Waals surface area contributed by atoms with Crippen molar-refractivity contribution in [2.45, 2.75) is 32.5 Å². The monoisotopic (exact) mass is 436 g/mol. The smallest absolute Gasteiger partial charge is 0.258 e. The first kappa shape index (κ1) is 23.1. The second-order valence-electron chi connectivity index (χ2n) is 8.02.